The summed E-state index contributed by atoms with van der Waals surface area (Å²) in [5.74, 6) is 0. The van der Waals surface area contributed by atoms with Gasteiger partial charge >= 0.3 is 0 Å². The van der Waals surface area contributed by atoms with Crippen molar-refractivity contribution in [1.82, 2.24) is 4.98 Å². The first kappa shape index (κ1) is 13.8. The van der Waals surface area contributed by atoms with Crippen molar-refractivity contribution in [2.75, 3.05) is 6.61 Å². The lowest BCUT2D eigenvalue weighted by Gasteiger charge is -2.19. The van der Waals surface area contributed by atoms with Gasteiger partial charge in [-0.25, -0.2) is 0 Å². The molecule has 0 bridgehead atoms. The fourth-order valence-electron chi connectivity index (χ4n) is 2.01. The average Bonchev–Trinajstić information content (AvgIpc) is 2.39. The van der Waals surface area contributed by atoms with Gasteiger partial charge in [-0.1, -0.05) is 51.1 Å². The van der Waals surface area contributed by atoms with Crippen molar-refractivity contribution in [1.29, 1.82) is 0 Å². The van der Waals surface area contributed by atoms with Gasteiger partial charge in [-0.3, -0.25) is 4.98 Å². The molecule has 0 aliphatic rings. The van der Waals surface area contributed by atoms with Crippen LogP contribution in [0.15, 0.2) is 42.6 Å². The molecule has 1 aromatic carbocycles. The van der Waals surface area contributed by atoms with Crippen LogP contribution in [0.25, 0.3) is 11.3 Å². The lowest BCUT2D eigenvalue weighted by atomic mass is 9.86. The largest absolute Gasteiger partial charge is 0.396 e. The van der Waals surface area contributed by atoms with E-state index >= 15 is 0 Å². The van der Waals surface area contributed by atoms with Gasteiger partial charge in [0.15, 0.2) is 0 Å². The van der Waals surface area contributed by atoms with E-state index in [0.717, 1.165) is 16.8 Å². The maximum Gasteiger partial charge on any atom is 0.0702 e. The summed E-state index contributed by atoms with van der Waals surface area (Å²) in [6.07, 6.45) is 2.50. The number of rotatable bonds is 3. The van der Waals surface area contributed by atoms with E-state index in [2.05, 4.69) is 50.0 Å². The normalized spacial score (nSPS) is 11.6. The average molecular weight is 255 g/mol. The van der Waals surface area contributed by atoms with Crippen molar-refractivity contribution in [2.24, 2.45) is 0 Å². The van der Waals surface area contributed by atoms with E-state index in [1.54, 1.807) is 0 Å². The lowest BCUT2D eigenvalue weighted by Crippen LogP contribution is -2.10. The van der Waals surface area contributed by atoms with Crippen LogP contribution in [0.2, 0.25) is 0 Å². The number of aromatic nitrogens is 1. The van der Waals surface area contributed by atoms with E-state index in [0.29, 0.717) is 6.42 Å². The van der Waals surface area contributed by atoms with Crippen LogP contribution in [0.3, 0.4) is 0 Å². The fraction of sp³-hybridized carbons (Fsp3) is 0.353. The predicted molar refractivity (Wildman–Crippen MR) is 79.2 cm³/mol. The van der Waals surface area contributed by atoms with Gasteiger partial charge in [0.25, 0.3) is 0 Å². The molecule has 1 aromatic heterocycles. The van der Waals surface area contributed by atoms with E-state index in [1.165, 1.54) is 5.56 Å². The van der Waals surface area contributed by atoms with Crippen molar-refractivity contribution in [2.45, 2.75) is 32.6 Å². The number of hydrogen-bond acceptors (Lipinski definition) is 2. The molecule has 2 nitrogen and oxygen atoms in total. The van der Waals surface area contributed by atoms with Gasteiger partial charge < -0.3 is 5.11 Å². The zero-order valence-corrected chi connectivity index (χ0v) is 11.9. The molecule has 2 aromatic rings. The highest BCUT2D eigenvalue weighted by atomic mass is 16.2. The van der Waals surface area contributed by atoms with Gasteiger partial charge in [0, 0.05) is 18.4 Å². The molecule has 0 radical (unpaired) electrons. The zero-order chi connectivity index (χ0) is 13.9. The van der Waals surface area contributed by atoms with E-state index in [1.807, 2.05) is 18.3 Å². The van der Waals surface area contributed by atoms with Crippen molar-refractivity contribution >= 4 is 0 Å². The van der Waals surface area contributed by atoms with Gasteiger partial charge in [0.1, 0.15) is 0 Å². The summed E-state index contributed by atoms with van der Waals surface area (Å²) in [5.41, 5.74) is 4.67. The topological polar surface area (TPSA) is 33.1 Å². The van der Waals surface area contributed by atoms with Crippen LogP contribution in [0, 0.1) is 0 Å². The first-order valence-corrected chi connectivity index (χ1v) is 6.67. The molecular weight excluding hydrogens is 234 g/mol. The molecule has 100 valence electrons. The number of pyridine rings is 1. The summed E-state index contributed by atoms with van der Waals surface area (Å²) in [5, 5.41) is 8.88. The summed E-state index contributed by atoms with van der Waals surface area (Å²) in [7, 11) is 0. The van der Waals surface area contributed by atoms with Crippen molar-refractivity contribution < 1.29 is 5.11 Å². The molecule has 0 saturated carbocycles. The predicted octanol–water partition coefficient (Wildman–Crippen LogP) is 3.58. The number of benzene rings is 1. The second-order valence-corrected chi connectivity index (χ2v) is 5.85. The number of aliphatic hydroxyl groups excluding tert-OH is 1. The highest BCUT2D eigenvalue weighted by Crippen LogP contribution is 2.25. The molecular formula is C17H21NO. The summed E-state index contributed by atoms with van der Waals surface area (Å²) in [4.78, 5) is 4.45. The van der Waals surface area contributed by atoms with E-state index in [4.69, 9.17) is 5.11 Å². The molecule has 0 amide bonds. The van der Waals surface area contributed by atoms with Gasteiger partial charge in [-0.05, 0) is 29.0 Å². The van der Waals surface area contributed by atoms with Crippen LogP contribution < -0.4 is 0 Å². The Labute approximate surface area is 115 Å². The van der Waals surface area contributed by atoms with E-state index in [-0.39, 0.29) is 12.0 Å². The smallest absolute Gasteiger partial charge is 0.0702 e. The Morgan fingerprint density at radius 3 is 2.16 bits per heavy atom. The molecule has 1 N–H and O–H groups in total. The van der Waals surface area contributed by atoms with E-state index in [9.17, 15) is 0 Å². The summed E-state index contributed by atoms with van der Waals surface area (Å²) >= 11 is 0. The third-order valence-electron chi connectivity index (χ3n) is 3.27. The lowest BCUT2D eigenvalue weighted by molar-refractivity contribution is 0.299. The quantitative estimate of drug-likeness (QED) is 0.909. The first-order chi connectivity index (χ1) is 9.00. The second kappa shape index (κ2) is 5.54. The first-order valence-electron chi connectivity index (χ1n) is 6.67. The molecule has 0 aliphatic heterocycles. The Morgan fingerprint density at radius 2 is 1.68 bits per heavy atom. The molecule has 2 heteroatoms. The number of hydrogen-bond donors (Lipinski definition) is 1. The van der Waals surface area contributed by atoms with Crippen molar-refractivity contribution in [3.8, 4) is 11.3 Å². The molecule has 0 fully saturated rings. The minimum Gasteiger partial charge on any atom is -0.396 e. The Hall–Kier alpha value is -1.67. The minimum absolute atomic E-state index is 0.168. The van der Waals surface area contributed by atoms with Crippen LogP contribution in [0.5, 0.6) is 0 Å². The van der Waals surface area contributed by atoms with Gasteiger partial charge in [0.05, 0.1) is 5.69 Å². The van der Waals surface area contributed by atoms with Gasteiger partial charge in [-0.15, -0.1) is 0 Å². The van der Waals surface area contributed by atoms with Gasteiger partial charge in [-0.2, -0.15) is 0 Å². The van der Waals surface area contributed by atoms with Gasteiger partial charge in [0.2, 0.25) is 0 Å². The molecule has 0 saturated heterocycles. The highest BCUT2D eigenvalue weighted by Gasteiger charge is 2.13. The summed E-state index contributed by atoms with van der Waals surface area (Å²) in [6, 6.07) is 12.6. The molecule has 2 rings (SSSR count). The summed E-state index contributed by atoms with van der Waals surface area (Å²) in [6.45, 7) is 6.80. The molecule has 0 unspecified atom stereocenters. The molecule has 0 atom stereocenters. The number of aliphatic hydroxyl groups is 1. The Bertz CT molecular complexity index is 521. The van der Waals surface area contributed by atoms with Crippen LogP contribution in [0.1, 0.15) is 31.9 Å². The molecule has 0 aliphatic carbocycles. The maximum atomic E-state index is 8.88. The molecule has 1 heterocycles. The van der Waals surface area contributed by atoms with Crippen LogP contribution >= 0.6 is 0 Å². The standard InChI is InChI=1S/C17H21NO/c1-17(2,3)15-7-5-14(6-8-15)16-9-4-13(10-11-19)12-18-16/h4-9,12,19H,10-11H2,1-3H3. The zero-order valence-electron chi connectivity index (χ0n) is 11.9. The van der Waals surface area contributed by atoms with Crippen molar-refractivity contribution in [3.05, 3.63) is 53.7 Å². The van der Waals surface area contributed by atoms with Crippen LogP contribution in [-0.2, 0) is 11.8 Å². The second-order valence-electron chi connectivity index (χ2n) is 5.85. The Balaban J connectivity index is 2.22. The van der Waals surface area contributed by atoms with Crippen molar-refractivity contribution in [3.63, 3.8) is 0 Å². The molecule has 0 spiro atoms. The maximum absolute atomic E-state index is 8.88. The third-order valence-corrected chi connectivity index (χ3v) is 3.27. The SMILES string of the molecule is CC(C)(C)c1ccc(-c2ccc(CCO)cn2)cc1. The fourth-order valence-corrected chi connectivity index (χ4v) is 2.01. The number of nitrogens with zero attached hydrogens (tertiary/aromatic N) is 1. The van der Waals surface area contributed by atoms with Crippen LogP contribution in [0.4, 0.5) is 0 Å². The Kier molecular flexibility index (Phi) is 4.01. The molecule has 19 heavy (non-hydrogen) atoms. The van der Waals surface area contributed by atoms with Crippen LogP contribution in [-0.4, -0.2) is 16.7 Å². The third kappa shape index (κ3) is 3.42. The minimum atomic E-state index is 0.168. The monoisotopic (exact) mass is 255 g/mol. The summed E-state index contributed by atoms with van der Waals surface area (Å²) < 4.78 is 0. The Morgan fingerprint density at radius 1 is 1.00 bits per heavy atom. The van der Waals surface area contributed by atoms with E-state index < -0.39 is 0 Å². The highest BCUT2D eigenvalue weighted by molar-refractivity contribution is 5.59.